The average Bonchev–Trinajstić information content (AvgIpc) is 0.800. The normalized spacial score (nSPS) is 10.4. The Balaban J connectivity index is 0.000000441. The molecule has 0 aliphatic heterocycles. The minimum absolute atomic E-state index is 0. The second kappa shape index (κ2) is 47.1. The number of nitrogens with zero attached hydrogens (tertiary/aromatic N) is 10. The summed E-state index contributed by atoms with van der Waals surface area (Å²) >= 11 is 3.50. The first-order valence-electron chi connectivity index (χ1n) is 32.9. The third-order valence-electron chi connectivity index (χ3n) is 15.5. The number of rotatable bonds is 33. The fraction of sp³-hybridized carbons (Fsp3) is 0.325. The molecule has 0 bridgehead atoms. The number of pyridine rings is 6. The molecule has 0 unspecified atom stereocenters. The lowest BCUT2D eigenvalue weighted by Crippen LogP contribution is -2.35. The molecular weight excluding hydrogens is 1450 g/mol. The second-order valence-corrected chi connectivity index (χ2v) is 24.0. The van der Waals surface area contributed by atoms with Gasteiger partial charge >= 0.3 is 47.8 Å². The number of halogens is 1. The minimum atomic E-state index is -0.508. The van der Waals surface area contributed by atoms with E-state index in [1.165, 1.54) is 56.9 Å². The molecule has 0 fully saturated rings. The van der Waals surface area contributed by atoms with Crippen molar-refractivity contribution >= 4 is 63.7 Å². The van der Waals surface area contributed by atoms with Gasteiger partial charge in [-0.1, -0.05) is 91.2 Å². The summed E-state index contributed by atoms with van der Waals surface area (Å²) in [5.74, 6) is 2.30. The van der Waals surface area contributed by atoms with Crippen LogP contribution < -0.4 is 0 Å². The van der Waals surface area contributed by atoms with Crippen molar-refractivity contribution in [3.8, 4) is 92.5 Å². The number of esters is 8. The number of ether oxygens (including phenoxy) is 8. The molecule has 28 heteroatoms. The molecule has 27 nitrogen and oxygen atoms in total. The molecule has 0 saturated heterocycles. The van der Waals surface area contributed by atoms with Gasteiger partial charge in [-0.15, -0.1) is 12.8 Å². The van der Waals surface area contributed by atoms with Crippen LogP contribution in [0.1, 0.15) is 62.5 Å². The molecule has 1 N–H and O–H groups in total. The second-order valence-electron chi connectivity index (χ2n) is 23.1. The molecule has 8 aromatic rings. The Hall–Kier alpha value is -11.5. The van der Waals surface area contributed by atoms with Crippen LogP contribution in [0.25, 0.3) is 67.8 Å². The summed E-state index contributed by atoms with van der Waals surface area (Å²) in [5, 5.41) is 9.02. The van der Waals surface area contributed by atoms with Gasteiger partial charge in [0, 0.05) is 49.2 Å². The largest absolute Gasteiger partial charge is 0.468 e. The third kappa shape index (κ3) is 29.4. The van der Waals surface area contributed by atoms with Gasteiger partial charge in [-0.2, -0.15) is 0 Å². The van der Waals surface area contributed by atoms with Crippen LogP contribution in [0.5, 0.6) is 0 Å². The van der Waals surface area contributed by atoms with Crippen LogP contribution in [-0.2, 0) is 102 Å². The van der Waals surface area contributed by atoms with Crippen molar-refractivity contribution in [1.82, 2.24) is 49.5 Å². The van der Waals surface area contributed by atoms with Crippen molar-refractivity contribution in [2.75, 3.05) is 116 Å². The SMILES string of the molecule is C.C.C#C.COC(=O)CN(CC(=O)OC)Cc1cccc(-c2cc(-c3ccc(Br)cc3)cc(-c3cccc(CN(CC(=O)OC)CC(=O)OC)n3)n2)n1.COC(=O)CN(CC(=O)OC)Cc1cccc(-c2cc(-c3ccc(C#CCCCCO)cc3)cc(-c3cccc(CN(CC(=O)OC)CC(=O)OC)n3)n2)n1. The Kier molecular flexibility index (Phi) is 38.8. The summed E-state index contributed by atoms with van der Waals surface area (Å²) in [6.45, 7) is -0.261. The van der Waals surface area contributed by atoms with Crippen molar-refractivity contribution in [1.29, 1.82) is 0 Å². The summed E-state index contributed by atoms with van der Waals surface area (Å²) < 4.78 is 39.4. The van der Waals surface area contributed by atoms with Gasteiger partial charge in [0.25, 0.3) is 0 Å². The molecule has 8 rings (SSSR count). The molecule has 6 aromatic heterocycles. The number of hydrogen-bond donors (Lipinski definition) is 1. The van der Waals surface area contributed by atoms with Gasteiger partial charge in [-0.3, -0.25) is 58.0 Å². The van der Waals surface area contributed by atoms with Gasteiger partial charge in [0.2, 0.25) is 0 Å². The quantitative estimate of drug-likeness (QED) is 0.0173. The van der Waals surface area contributed by atoms with E-state index in [9.17, 15) is 38.4 Å². The van der Waals surface area contributed by atoms with E-state index >= 15 is 0 Å². The molecule has 0 atom stereocenters. The highest BCUT2D eigenvalue weighted by Gasteiger charge is 2.23. The van der Waals surface area contributed by atoms with Crippen LogP contribution >= 0.6 is 15.9 Å². The van der Waals surface area contributed by atoms with Crippen LogP contribution in [0.4, 0.5) is 0 Å². The zero-order valence-corrected chi connectivity index (χ0v) is 61.7. The van der Waals surface area contributed by atoms with E-state index in [1.807, 2.05) is 121 Å². The predicted molar refractivity (Wildman–Crippen MR) is 408 cm³/mol. The Bertz CT molecular complexity index is 4100. The highest BCUT2D eigenvalue weighted by Crippen LogP contribution is 2.32. The number of aliphatic hydroxyl groups excluding tert-OH is 1. The van der Waals surface area contributed by atoms with Gasteiger partial charge in [-0.25, -0.2) is 29.9 Å². The zero-order chi connectivity index (χ0) is 76.9. The van der Waals surface area contributed by atoms with E-state index in [-0.39, 0.29) is 100.0 Å². The molecule has 108 heavy (non-hydrogen) atoms. The Morgan fingerprint density at radius 3 is 0.843 bits per heavy atom. The van der Waals surface area contributed by atoms with E-state index in [0.717, 1.165) is 38.7 Å². The van der Waals surface area contributed by atoms with Crippen molar-refractivity contribution in [3.63, 3.8) is 0 Å². The first-order valence-corrected chi connectivity index (χ1v) is 33.7. The van der Waals surface area contributed by atoms with Gasteiger partial charge in [0.15, 0.2) is 0 Å². The van der Waals surface area contributed by atoms with Crippen LogP contribution in [0, 0.1) is 24.7 Å². The first-order chi connectivity index (χ1) is 51.2. The number of benzene rings is 2. The molecule has 0 aliphatic rings. The monoisotopic (exact) mass is 1540 g/mol. The zero-order valence-electron chi connectivity index (χ0n) is 60.2. The number of unbranched alkanes of at least 4 members (excludes halogenated alkanes) is 2. The van der Waals surface area contributed by atoms with Crippen molar-refractivity contribution in [2.24, 2.45) is 0 Å². The molecule has 570 valence electrons. The number of aliphatic hydroxyl groups is 1. The highest BCUT2D eigenvalue weighted by atomic mass is 79.9. The molecule has 6 heterocycles. The van der Waals surface area contributed by atoms with Crippen molar-refractivity contribution < 1.29 is 81.4 Å². The Labute approximate surface area is 638 Å². The van der Waals surface area contributed by atoms with Gasteiger partial charge < -0.3 is 43.0 Å². The average molecular weight is 1540 g/mol. The summed E-state index contributed by atoms with van der Waals surface area (Å²) in [6.07, 6.45) is 10.2. The topological polar surface area (TPSA) is 321 Å². The Morgan fingerprint density at radius 2 is 0.602 bits per heavy atom. The third-order valence-corrected chi connectivity index (χ3v) is 16.0. The van der Waals surface area contributed by atoms with E-state index < -0.39 is 47.8 Å². The Morgan fingerprint density at radius 1 is 0.352 bits per heavy atom. The molecular formula is C80H91BrN10O17. The number of aromatic nitrogens is 6. The number of hydrogen-bond acceptors (Lipinski definition) is 27. The molecule has 2 aromatic carbocycles. The van der Waals surface area contributed by atoms with Gasteiger partial charge in [0.05, 0.1) is 178 Å². The fourth-order valence-corrected chi connectivity index (χ4v) is 10.5. The van der Waals surface area contributed by atoms with Crippen LogP contribution in [0.2, 0.25) is 0 Å². The smallest absolute Gasteiger partial charge is 0.319 e. The molecule has 0 spiro atoms. The first kappa shape index (κ1) is 88.9. The maximum atomic E-state index is 12.1. The van der Waals surface area contributed by atoms with Crippen molar-refractivity contribution in [2.45, 2.75) is 60.3 Å². The van der Waals surface area contributed by atoms with Crippen LogP contribution in [-0.4, -0.2) is 218 Å². The maximum absolute atomic E-state index is 12.1. The van der Waals surface area contributed by atoms with Gasteiger partial charge in [-0.05, 0) is 132 Å². The van der Waals surface area contributed by atoms with E-state index in [1.54, 1.807) is 43.9 Å². The van der Waals surface area contributed by atoms with Crippen LogP contribution in [0.15, 0.2) is 150 Å². The summed E-state index contributed by atoms with van der Waals surface area (Å²) in [7, 11) is 10.2. The lowest BCUT2D eigenvalue weighted by molar-refractivity contribution is -0.147. The molecule has 0 amide bonds. The van der Waals surface area contributed by atoms with Gasteiger partial charge in [0.1, 0.15) is 0 Å². The predicted octanol–water partition coefficient (Wildman–Crippen LogP) is 9.14. The summed E-state index contributed by atoms with van der Waals surface area (Å²) in [4.78, 5) is 132. The fourth-order valence-electron chi connectivity index (χ4n) is 10.2. The summed E-state index contributed by atoms with van der Waals surface area (Å²) in [5.41, 5.74) is 11.2. The lowest BCUT2D eigenvalue weighted by Gasteiger charge is -2.20. The van der Waals surface area contributed by atoms with E-state index in [4.69, 9.17) is 72.9 Å². The number of terminal acetylenes is 1. The maximum Gasteiger partial charge on any atom is 0.319 e. The highest BCUT2D eigenvalue weighted by molar-refractivity contribution is 9.10. The number of carbonyl (C=O) groups excluding carboxylic acids is 8. The van der Waals surface area contributed by atoms with E-state index in [2.05, 4.69) is 40.6 Å². The molecule has 0 radical (unpaired) electrons. The summed E-state index contributed by atoms with van der Waals surface area (Å²) in [6, 6.07) is 45.2. The minimum Gasteiger partial charge on any atom is -0.468 e. The van der Waals surface area contributed by atoms with Crippen LogP contribution in [0.3, 0.4) is 0 Å². The number of carbonyl (C=O) groups is 8. The molecule has 0 aliphatic carbocycles. The standard InChI is InChI=1S/C41H45N5O9.C35H36BrN5O8.C2H2.2CH4/c1-52-38(48)25-45(26-39(49)53-2)23-32-12-9-14-34(42-32)36-21-31(30-18-16-29(17-19-30)11-7-5-6-8-20-47)22-37(44-36)35-15-10-13-33(43-35)24-46(27-40(50)54-3)28-41(51)55-4;1-46-32(42)19-40(20-33(43)47-2)17-26-7-5-9-28(37-26)30-15-24(23-11-13-25(36)14-12-23)16-31(39-30)29-10-6-8-27(38-29)18-41(21-34(44)48-3)22-35(45)49-4;1-2;;/h9-10,12-19,21-22,47H,5-6,8,20,23-28H2,1-4H3;5-16H,17-22H2,1-4H3;1-2H;2*1H4. The number of methoxy groups -OCH3 is 8. The lowest BCUT2D eigenvalue weighted by atomic mass is 10.0. The van der Waals surface area contributed by atoms with Crippen molar-refractivity contribution in [3.05, 3.63) is 178 Å². The van der Waals surface area contributed by atoms with E-state index in [0.29, 0.717) is 81.2 Å². The molecule has 0 saturated carbocycles.